The molecule has 3 nitrogen and oxygen atoms in total. The van der Waals surface area contributed by atoms with E-state index in [0.717, 1.165) is 12.1 Å². The quantitative estimate of drug-likeness (QED) is 0.643. The third kappa shape index (κ3) is 4.22. The predicted octanol–water partition coefficient (Wildman–Crippen LogP) is 2.26. The molecule has 1 aromatic rings. The number of alkyl halides is 1. The molecule has 0 radical (unpaired) electrons. The Hall–Kier alpha value is -0.720. The van der Waals surface area contributed by atoms with E-state index in [1.54, 1.807) is 0 Å². The zero-order chi connectivity index (χ0) is 12.9. The molecule has 0 atom stereocenters. The number of sulfonamides is 1. The van der Waals surface area contributed by atoms with Crippen molar-refractivity contribution in [1.82, 2.24) is 4.72 Å². The molecule has 0 unspecified atom stereocenters. The first-order valence-corrected chi connectivity index (χ1v) is 7.00. The highest BCUT2D eigenvalue weighted by atomic mass is 35.5. The summed E-state index contributed by atoms with van der Waals surface area (Å²) in [5, 5.41) is 0. The van der Waals surface area contributed by atoms with E-state index in [1.165, 1.54) is 0 Å². The molecule has 0 aromatic heterocycles. The van der Waals surface area contributed by atoms with Crippen LogP contribution in [0.15, 0.2) is 23.1 Å². The predicted molar refractivity (Wildman–Crippen MR) is 61.5 cm³/mol. The molecule has 1 rings (SSSR count). The monoisotopic (exact) mass is 283 g/mol. The van der Waals surface area contributed by atoms with Crippen molar-refractivity contribution in [2.45, 2.75) is 17.7 Å². The lowest BCUT2D eigenvalue weighted by Gasteiger charge is -2.06. The van der Waals surface area contributed by atoms with Gasteiger partial charge in [-0.2, -0.15) is 0 Å². The molecule has 0 fully saturated rings. The first-order valence-electron chi connectivity index (χ1n) is 4.98. The van der Waals surface area contributed by atoms with Crippen molar-refractivity contribution in [3.63, 3.8) is 0 Å². The van der Waals surface area contributed by atoms with Crippen LogP contribution >= 0.6 is 11.6 Å². The van der Waals surface area contributed by atoms with E-state index in [2.05, 4.69) is 4.72 Å². The SMILES string of the molecule is O=S(=O)(NCCCCCl)c1ccc(F)c(F)c1. The third-order valence-electron chi connectivity index (χ3n) is 2.05. The van der Waals surface area contributed by atoms with Crippen LogP contribution in [-0.2, 0) is 10.0 Å². The third-order valence-corrected chi connectivity index (χ3v) is 3.78. The lowest BCUT2D eigenvalue weighted by molar-refractivity contribution is 0.504. The number of rotatable bonds is 6. The summed E-state index contributed by atoms with van der Waals surface area (Å²) in [5.74, 6) is -1.81. The van der Waals surface area contributed by atoms with Crippen LogP contribution < -0.4 is 4.72 Å². The maximum atomic E-state index is 12.9. The number of unbranched alkanes of at least 4 members (excludes halogenated alkanes) is 1. The molecule has 0 aliphatic carbocycles. The van der Waals surface area contributed by atoms with Crippen LogP contribution in [0.25, 0.3) is 0 Å². The summed E-state index contributed by atoms with van der Waals surface area (Å²) < 4.78 is 51.0. The van der Waals surface area contributed by atoms with Crippen LogP contribution in [0.5, 0.6) is 0 Å². The van der Waals surface area contributed by atoms with Crippen LogP contribution in [0.1, 0.15) is 12.8 Å². The fraction of sp³-hybridized carbons (Fsp3) is 0.400. The zero-order valence-electron chi connectivity index (χ0n) is 8.92. The van der Waals surface area contributed by atoms with Gasteiger partial charge in [-0.25, -0.2) is 21.9 Å². The number of halogens is 3. The summed E-state index contributed by atoms with van der Waals surface area (Å²) in [5.41, 5.74) is 0. The fourth-order valence-corrected chi connectivity index (χ4v) is 2.43. The van der Waals surface area contributed by atoms with Crippen molar-refractivity contribution in [3.8, 4) is 0 Å². The molecule has 0 saturated carbocycles. The molecule has 96 valence electrons. The van der Waals surface area contributed by atoms with Crippen molar-refractivity contribution >= 4 is 21.6 Å². The summed E-state index contributed by atoms with van der Waals surface area (Å²) in [7, 11) is -3.78. The molecular weight excluding hydrogens is 272 g/mol. The van der Waals surface area contributed by atoms with Crippen molar-refractivity contribution < 1.29 is 17.2 Å². The van der Waals surface area contributed by atoms with E-state index >= 15 is 0 Å². The molecule has 0 aliphatic heterocycles. The van der Waals surface area contributed by atoms with Gasteiger partial charge >= 0.3 is 0 Å². The Labute approximate surface area is 104 Å². The first kappa shape index (κ1) is 14.3. The standard InChI is InChI=1S/C10H12ClF2NO2S/c11-5-1-2-6-14-17(15,16)8-3-4-9(12)10(13)7-8/h3-4,7,14H,1-2,5-6H2. The molecule has 0 saturated heterocycles. The van der Waals surface area contributed by atoms with Gasteiger partial charge < -0.3 is 0 Å². The number of nitrogens with one attached hydrogen (secondary N) is 1. The van der Waals surface area contributed by atoms with E-state index in [4.69, 9.17) is 11.6 Å². The van der Waals surface area contributed by atoms with Crippen LogP contribution in [0.2, 0.25) is 0 Å². The zero-order valence-corrected chi connectivity index (χ0v) is 10.5. The van der Waals surface area contributed by atoms with Crippen molar-refractivity contribution in [1.29, 1.82) is 0 Å². The van der Waals surface area contributed by atoms with E-state index in [1.807, 2.05) is 0 Å². The Morgan fingerprint density at radius 1 is 1.18 bits per heavy atom. The minimum atomic E-state index is -3.78. The highest BCUT2D eigenvalue weighted by molar-refractivity contribution is 7.89. The fourth-order valence-electron chi connectivity index (χ4n) is 1.15. The second-order valence-corrected chi connectivity index (χ2v) is 5.51. The minimum absolute atomic E-state index is 0.216. The second kappa shape index (κ2) is 6.28. The molecule has 0 spiro atoms. The summed E-state index contributed by atoms with van der Waals surface area (Å²) in [6.45, 7) is 0.216. The van der Waals surface area contributed by atoms with Crippen molar-refractivity contribution in [2.24, 2.45) is 0 Å². The maximum absolute atomic E-state index is 12.9. The number of hydrogen-bond donors (Lipinski definition) is 1. The van der Waals surface area contributed by atoms with Gasteiger partial charge in [-0.15, -0.1) is 11.6 Å². The van der Waals surface area contributed by atoms with Gasteiger partial charge in [0.1, 0.15) is 0 Å². The van der Waals surface area contributed by atoms with Gasteiger partial charge in [0.25, 0.3) is 0 Å². The molecule has 7 heteroatoms. The van der Waals surface area contributed by atoms with Gasteiger partial charge in [-0.1, -0.05) is 0 Å². The first-order chi connectivity index (χ1) is 7.97. The van der Waals surface area contributed by atoms with Gasteiger partial charge in [-0.3, -0.25) is 0 Å². The molecule has 17 heavy (non-hydrogen) atoms. The van der Waals surface area contributed by atoms with E-state index in [-0.39, 0.29) is 11.4 Å². The molecule has 0 amide bonds. The van der Waals surface area contributed by atoms with Gasteiger partial charge in [0, 0.05) is 12.4 Å². The Bertz CT molecular complexity index is 479. The maximum Gasteiger partial charge on any atom is 0.240 e. The molecule has 1 N–H and O–H groups in total. The second-order valence-electron chi connectivity index (χ2n) is 3.37. The van der Waals surface area contributed by atoms with Crippen LogP contribution in [0.4, 0.5) is 8.78 Å². The number of benzene rings is 1. The normalized spacial score (nSPS) is 11.7. The summed E-state index contributed by atoms with van der Waals surface area (Å²) in [4.78, 5) is -0.290. The lowest BCUT2D eigenvalue weighted by Crippen LogP contribution is -2.25. The summed E-state index contributed by atoms with van der Waals surface area (Å²) in [6, 6.07) is 2.45. The molecule has 1 aromatic carbocycles. The Balaban J connectivity index is 2.72. The van der Waals surface area contributed by atoms with Gasteiger partial charge in [0.15, 0.2) is 11.6 Å². The lowest BCUT2D eigenvalue weighted by atomic mass is 10.3. The van der Waals surface area contributed by atoms with E-state index in [0.29, 0.717) is 24.8 Å². The van der Waals surface area contributed by atoms with Crippen LogP contribution in [-0.4, -0.2) is 20.8 Å². The van der Waals surface area contributed by atoms with Crippen LogP contribution in [0.3, 0.4) is 0 Å². The van der Waals surface area contributed by atoms with Gasteiger partial charge in [0.2, 0.25) is 10.0 Å². The highest BCUT2D eigenvalue weighted by Crippen LogP contribution is 2.13. The Morgan fingerprint density at radius 3 is 2.47 bits per heavy atom. The van der Waals surface area contributed by atoms with Crippen LogP contribution in [0, 0.1) is 11.6 Å². The molecule has 0 heterocycles. The number of hydrogen-bond acceptors (Lipinski definition) is 2. The summed E-state index contributed by atoms with van der Waals surface area (Å²) in [6.07, 6.45) is 1.27. The largest absolute Gasteiger partial charge is 0.240 e. The topological polar surface area (TPSA) is 46.2 Å². The molecule has 0 bridgehead atoms. The Morgan fingerprint density at radius 2 is 1.88 bits per heavy atom. The smallest absolute Gasteiger partial charge is 0.211 e. The summed E-state index contributed by atoms with van der Waals surface area (Å²) >= 11 is 5.44. The van der Waals surface area contributed by atoms with Gasteiger partial charge in [-0.05, 0) is 31.0 Å². The van der Waals surface area contributed by atoms with Gasteiger partial charge in [0.05, 0.1) is 4.90 Å². The average molecular weight is 284 g/mol. The molecular formula is C10H12ClF2NO2S. The minimum Gasteiger partial charge on any atom is -0.211 e. The highest BCUT2D eigenvalue weighted by Gasteiger charge is 2.15. The van der Waals surface area contributed by atoms with Crippen molar-refractivity contribution in [3.05, 3.63) is 29.8 Å². The Kier molecular flexibility index (Phi) is 5.30. The van der Waals surface area contributed by atoms with Crippen molar-refractivity contribution in [2.75, 3.05) is 12.4 Å². The van der Waals surface area contributed by atoms with E-state index < -0.39 is 21.7 Å². The van der Waals surface area contributed by atoms with E-state index in [9.17, 15) is 17.2 Å². The molecule has 0 aliphatic rings. The average Bonchev–Trinajstić information content (AvgIpc) is 2.28.